The molecule has 0 spiro atoms. The standard InChI is InChI=1S/C54H37NO2/c1-2-10-36(11-3-1)37-20-22-38(23-21-37)39-24-30-42(31-25-39)55(43-32-26-40(27-33-43)45-14-8-16-49-47-12-4-6-18-51(47)56-53(45)49)44-34-28-41(29-35-44)46-15-9-17-50-48-13-5-7-19-52(48)57-54(46)50/h1-4,6-12,14-35H,5,13H2. The first-order valence-corrected chi connectivity index (χ1v) is 19.6. The summed E-state index contributed by atoms with van der Waals surface area (Å²) in [5.41, 5.74) is 16.5. The van der Waals surface area contributed by atoms with Crippen LogP contribution in [-0.2, 0) is 6.42 Å². The zero-order valence-electron chi connectivity index (χ0n) is 31.2. The fraction of sp³-hybridized carbons (Fsp3) is 0.0370. The molecule has 0 bridgehead atoms. The Kier molecular flexibility index (Phi) is 7.96. The number of hydrogen-bond acceptors (Lipinski definition) is 3. The highest BCUT2D eigenvalue weighted by Crippen LogP contribution is 2.42. The van der Waals surface area contributed by atoms with Gasteiger partial charge in [0.1, 0.15) is 22.5 Å². The van der Waals surface area contributed by atoms with Crippen LogP contribution in [0.4, 0.5) is 17.1 Å². The Hall–Kier alpha value is -7.36. The molecule has 10 aromatic rings. The number of aryl methyl sites for hydroxylation is 1. The Balaban J connectivity index is 0.967. The normalized spacial score (nSPS) is 12.4. The highest BCUT2D eigenvalue weighted by atomic mass is 16.3. The lowest BCUT2D eigenvalue weighted by Crippen LogP contribution is -2.09. The monoisotopic (exact) mass is 731 g/mol. The summed E-state index contributed by atoms with van der Waals surface area (Å²) in [6.45, 7) is 0. The molecule has 0 saturated heterocycles. The van der Waals surface area contributed by atoms with Gasteiger partial charge in [-0.3, -0.25) is 0 Å². The van der Waals surface area contributed by atoms with Crippen molar-refractivity contribution < 1.29 is 8.83 Å². The Morgan fingerprint density at radius 1 is 0.368 bits per heavy atom. The third-order valence-corrected chi connectivity index (χ3v) is 11.4. The second-order valence-corrected chi connectivity index (χ2v) is 14.8. The summed E-state index contributed by atoms with van der Waals surface area (Å²) < 4.78 is 12.9. The molecule has 0 N–H and O–H groups in total. The van der Waals surface area contributed by atoms with E-state index in [1.54, 1.807) is 0 Å². The van der Waals surface area contributed by atoms with Crippen LogP contribution in [0, 0.1) is 0 Å². The first kappa shape index (κ1) is 33.0. The van der Waals surface area contributed by atoms with Gasteiger partial charge in [-0.25, -0.2) is 0 Å². The molecular weight excluding hydrogens is 695 g/mol. The molecule has 0 saturated carbocycles. The number of benzene rings is 8. The van der Waals surface area contributed by atoms with Gasteiger partial charge in [-0.1, -0.05) is 152 Å². The summed E-state index contributed by atoms with van der Waals surface area (Å²) in [6.07, 6.45) is 6.39. The molecule has 1 aliphatic rings. The van der Waals surface area contributed by atoms with Crippen molar-refractivity contribution in [3.8, 4) is 44.5 Å². The third-order valence-electron chi connectivity index (χ3n) is 11.4. The predicted octanol–water partition coefficient (Wildman–Crippen LogP) is 15.4. The second kappa shape index (κ2) is 13.7. The van der Waals surface area contributed by atoms with Gasteiger partial charge in [-0.15, -0.1) is 0 Å². The van der Waals surface area contributed by atoms with Crippen molar-refractivity contribution in [1.82, 2.24) is 0 Å². The van der Waals surface area contributed by atoms with Crippen molar-refractivity contribution in [3.63, 3.8) is 0 Å². The Labute approximate surface area is 331 Å². The van der Waals surface area contributed by atoms with Crippen molar-refractivity contribution in [2.75, 3.05) is 4.90 Å². The highest BCUT2D eigenvalue weighted by molar-refractivity contribution is 6.09. The zero-order valence-corrected chi connectivity index (χ0v) is 31.2. The van der Waals surface area contributed by atoms with Gasteiger partial charge in [0.2, 0.25) is 0 Å². The molecule has 1 aliphatic carbocycles. The maximum absolute atomic E-state index is 6.46. The first-order chi connectivity index (χ1) is 28.2. The molecule has 8 aromatic carbocycles. The first-order valence-electron chi connectivity index (χ1n) is 19.6. The fourth-order valence-electron chi connectivity index (χ4n) is 8.52. The minimum absolute atomic E-state index is 0.904. The van der Waals surface area contributed by atoms with Crippen LogP contribution in [0.3, 0.4) is 0 Å². The number of allylic oxidation sites excluding steroid dienone is 1. The maximum Gasteiger partial charge on any atom is 0.143 e. The summed E-state index contributed by atoms with van der Waals surface area (Å²) in [7, 11) is 0. The summed E-state index contributed by atoms with van der Waals surface area (Å²) >= 11 is 0. The van der Waals surface area contributed by atoms with E-state index in [9.17, 15) is 0 Å². The number of furan rings is 2. The van der Waals surface area contributed by atoms with E-state index in [1.165, 1.54) is 33.2 Å². The minimum atomic E-state index is 0.904. The van der Waals surface area contributed by atoms with Gasteiger partial charge in [0.05, 0.1) is 0 Å². The van der Waals surface area contributed by atoms with Gasteiger partial charge in [-0.05, 0) is 94.8 Å². The van der Waals surface area contributed by atoms with Crippen LogP contribution in [0.25, 0.3) is 83.5 Å². The Bertz CT molecular complexity index is 3080. The molecule has 0 atom stereocenters. The molecule has 2 heterocycles. The zero-order chi connectivity index (χ0) is 37.7. The van der Waals surface area contributed by atoms with E-state index < -0.39 is 0 Å². The largest absolute Gasteiger partial charge is 0.456 e. The molecule has 3 nitrogen and oxygen atoms in total. The average Bonchev–Trinajstić information content (AvgIpc) is 3.87. The topological polar surface area (TPSA) is 29.5 Å². The van der Waals surface area contributed by atoms with Crippen molar-refractivity contribution in [3.05, 3.63) is 205 Å². The summed E-state index contributed by atoms with van der Waals surface area (Å²) in [4.78, 5) is 2.33. The molecule has 3 heteroatoms. The van der Waals surface area contributed by atoms with Gasteiger partial charge in [0.25, 0.3) is 0 Å². The van der Waals surface area contributed by atoms with Gasteiger partial charge in [0.15, 0.2) is 0 Å². The molecule has 0 unspecified atom stereocenters. The molecule has 0 amide bonds. The van der Waals surface area contributed by atoms with Gasteiger partial charge < -0.3 is 13.7 Å². The smallest absolute Gasteiger partial charge is 0.143 e. The summed E-state index contributed by atoms with van der Waals surface area (Å²) in [6, 6.07) is 67.1. The van der Waals surface area contributed by atoms with Crippen molar-refractivity contribution in [2.45, 2.75) is 12.8 Å². The number of rotatable bonds is 7. The summed E-state index contributed by atoms with van der Waals surface area (Å²) in [5, 5.41) is 3.48. The second-order valence-electron chi connectivity index (χ2n) is 14.8. The van der Waals surface area contributed by atoms with E-state index in [-0.39, 0.29) is 0 Å². The lowest BCUT2D eigenvalue weighted by Gasteiger charge is -2.26. The van der Waals surface area contributed by atoms with Crippen molar-refractivity contribution >= 4 is 56.0 Å². The van der Waals surface area contributed by atoms with E-state index in [2.05, 4.69) is 193 Å². The Morgan fingerprint density at radius 2 is 0.842 bits per heavy atom. The van der Waals surface area contributed by atoms with Crippen molar-refractivity contribution in [1.29, 1.82) is 0 Å². The van der Waals surface area contributed by atoms with E-state index in [0.29, 0.717) is 0 Å². The molecule has 2 aromatic heterocycles. The van der Waals surface area contributed by atoms with E-state index in [0.717, 1.165) is 85.4 Å². The lowest BCUT2D eigenvalue weighted by molar-refractivity contribution is 0.596. The van der Waals surface area contributed by atoms with E-state index in [4.69, 9.17) is 8.83 Å². The molecular formula is C54H37NO2. The third kappa shape index (κ3) is 5.84. The van der Waals surface area contributed by atoms with Crippen molar-refractivity contribution in [2.24, 2.45) is 0 Å². The lowest BCUT2D eigenvalue weighted by atomic mass is 9.97. The minimum Gasteiger partial charge on any atom is -0.456 e. The molecule has 11 rings (SSSR count). The quantitative estimate of drug-likeness (QED) is 0.163. The molecule has 0 fully saturated rings. The SMILES string of the molecule is C1=Cc2oc3c(-c4ccc(N(c5ccc(-c6ccc(-c7ccccc7)cc6)cc5)c5ccc(-c6cccc7c6oc6ccccc67)cc5)cc4)cccc3c2CC1. The van der Waals surface area contributed by atoms with Crippen LogP contribution in [0.2, 0.25) is 0 Å². The fourth-order valence-corrected chi connectivity index (χ4v) is 8.52. The average molecular weight is 732 g/mol. The van der Waals surface area contributed by atoms with Crippen LogP contribution in [0.5, 0.6) is 0 Å². The number of anilines is 3. The van der Waals surface area contributed by atoms with Crippen LogP contribution < -0.4 is 4.90 Å². The number of hydrogen-bond donors (Lipinski definition) is 0. The highest BCUT2D eigenvalue weighted by Gasteiger charge is 2.19. The number of nitrogens with zero attached hydrogens (tertiary/aromatic N) is 1. The van der Waals surface area contributed by atoms with Crippen LogP contribution >= 0.6 is 0 Å². The maximum atomic E-state index is 6.46. The molecule has 0 radical (unpaired) electrons. The van der Waals surface area contributed by atoms with Crippen LogP contribution in [0.15, 0.2) is 203 Å². The summed E-state index contributed by atoms with van der Waals surface area (Å²) in [5.74, 6) is 0.988. The predicted molar refractivity (Wildman–Crippen MR) is 237 cm³/mol. The molecule has 0 aliphatic heterocycles. The van der Waals surface area contributed by atoms with Crippen LogP contribution in [-0.4, -0.2) is 0 Å². The van der Waals surface area contributed by atoms with Gasteiger partial charge in [0, 0.05) is 49.9 Å². The number of para-hydroxylation sites is 3. The molecule has 270 valence electrons. The van der Waals surface area contributed by atoms with E-state index in [1.807, 2.05) is 12.1 Å². The van der Waals surface area contributed by atoms with Gasteiger partial charge >= 0.3 is 0 Å². The Morgan fingerprint density at radius 3 is 1.46 bits per heavy atom. The van der Waals surface area contributed by atoms with E-state index >= 15 is 0 Å². The number of fused-ring (bicyclic) bond motifs is 6. The molecule has 57 heavy (non-hydrogen) atoms. The van der Waals surface area contributed by atoms with Crippen LogP contribution in [0.1, 0.15) is 17.7 Å². The van der Waals surface area contributed by atoms with Gasteiger partial charge in [-0.2, -0.15) is 0 Å².